The predicted molar refractivity (Wildman–Crippen MR) is 79.9 cm³/mol. The van der Waals surface area contributed by atoms with Gasteiger partial charge in [0.25, 0.3) is 0 Å². The average molecular weight is 276 g/mol. The molecule has 1 unspecified atom stereocenters. The van der Waals surface area contributed by atoms with Crippen molar-refractivity contribution in [1.29, 1.82) is 0 Å². The fourth-order valence-electron chi connectivity index (χ4n) is 1.87. The summed E-state index contributed by atoms with van der Waals surface area (Å²) in [6, 6.07) is 18.1. The highest BCUT2D eigenvalue weighted by molar-refractivity contribution is 6.30. The molecule has 1 atom stereocenters. The van der Waals surface area contributed by atoms with E-state index in [-0.39, 0.29) is 6.04 Å². The number of hydrogen-bond acceptors (Lipinski definition) is 2. The molecule has 19 heavy (non-hydrogen) atoms. The molecule has 1 N–H and O–H groups in total. The Kier molecular flexibility index (Phi) is 5.25. The molecule has 0 bridgehead atoms. The Morgan fingerprint density at radius 3 is 2.37 bits per heavy atom. The van der Waals surface area contributed by atoms with E-state index in [0.29, 0.717) is 6.61 Å². The van der Waals surface area contributed by atoms with Crippen molar-refractivity contribution in [2.24, 2.45) is 0 Å². The molecule has 0 spiro atoms. The van der Waals surface area contributed by atoms with Gasteiger partial charge in [0.2, 0.25) is 0 Å². The molecule has 2 nitrogen and oxygen atoms in total. The first-order valence-corrected chi connectivity index (χ1v) is 6.75. The molecule has 3 heteroatoms. The smallest absolute Gasteiger partial charge is 0.119 e. The van der Waals surface area contributed by atoms with Crippen LogP contribution in [0.15, 0.2) is 54.6 Å². The highest BCUT2D eigenvalue weighted by Crippen LogP contribution is 2.16. The Morgan fingerprint density at radius 1 is 1.05 bits per heavy atom. The van der Waals surface area contributed by atoms with E-state index >= 15 is 0 Å². The molecule has 100 valence electrons. The first-order valence-electron chi connectivity index (χ1n) is 6.37. The van der Waals surface area contributed by atoms with Gasteiger partial charge < -0.3 is 10.1 Å². The van der Waals surface area contributed by atoms with Crippen LogP contribution in [0.25, 0.3) is 0 Å². The molecule has 2 aromatic carbocycles. The number of hydrogen-bond donors (Lipinski definition) is 1. The van der Waals surface area contributed by atoms with Gasteiger partial charge in [-0.1, -0.05) is 41.9 Å². The minimum Gasteiger partial charge on any atom is -0.492 e. The Morgan fingerprint density at radius 2 is 1.74 bits per heavy atom. The molecule has 0 aromatic heterocycles. The van der Waals surface area contributed by atoms with E-state index in [1.807, 2.05) is 37.4 Å². The first-order chi connectivity index (χ1) is 9.28. The van der Waals surface area contributed by atoms with E-state index in [9.17, 15) is 0 Å². The topological polar surface area (TPSA) is 21.3 Å². The standard InChI is InChI=1S/C16H18ClNO/c1-18-15(11-13-5-3-2-4-6-13)12-19-16-9-7-14(17)8-10-16/h2-10,15,18H,11-12H2,1H3. The van der Waals surface area contributed by atoms with Crippen molar-refractivity contribution in [3.05, 3.63) is 65.2 Å². The Hall–Kier alpha value is -1.51. The minimum atomic E-state index is 0.290. The zero-order chi connectivity index (χ0) is 13.5. The van der Waals surface area contributed by atoms with Crippen molar-refractivity contribution in [1.82, 2.24) is 5.32 Å². The Balaban J connectivity index is 1.87. The van der Waals surface area contributed by atoms with Gasteiger partial charge in [-0.2, -0.15) is 0 Å². The van der Waals surface area contributed by atoms with Gasteiger partial charge in [-0.25, -0.2) is 0 Å². The molecule has 0 aliphatic heterocycles. The third kappa shape index (κ3) is 4.58. The van der Waals surface area contributed by atoms with E-state index in [2.05, 4.69) is 29.6 Å². The quantitative estimate of drug-likeness (QED) is 0.871. The second-order valence-electron chi connectivity index (χ2n) is 4.44. The van der Waals surface area contributed by atoms with Gasteiger partial charge >= 0.3 is 0 Å². The lowest BCUT2D eigenvalue weighted by atomic mass is 10.1. The molecule has 0 heterocycles. The molecule has 0 saturated heterocycles. The first kappa shape index (κ1) is 13.9. The normalized spacial score (nSPS) is 12.1. The van der Waals surface area contributed by atoms with E-state index < -0.39 is 0 Å². The maximum absolute atomic E-state index is 5.84. The van der Waals surface area contributed by atoms with Gasteiger partial charge in [0, 0.05) is 11.1 Å². The number of rotatable bonds is 6. The largest absolute Gasteiger partial charge is 0.492 e. The maximum atomic E-state index is 5.84. The van der Waals surface area contributed by atoms with Crippen LogP contribution in [-0.2, 0) is 6.42 Å². The van der Waals surface area contributed by atoms with Gasteiger partial charge in [-0.15, -0.1) is 0 Å². The van der Waals surface area contributed by atoms with Crippen LogP contribution in [0.4, 0.5) is 0 Å². The predicted octanol–water partition coefficient (Wildman–Crippen LogP) is 3.55. The van der Waals surface area contributed by atoms with Crippen molar-refractivity contribution >= 4 is 11.6 Å². The van der Waals surface area contributed by atoms with E-state index in [0.717, 1.165) is 17.2 Å². The average Bonchev–Trinajstić information content (AvgIpc) is 2.46. The molecule has 0 aliphatic carbocycles. The molecular weight excluding hydrogens is 258 g/mol. The number of ether oxygens (including phenoxy) is 1. The van der Waals surface area contributed by atoms with Gasteiger partial charge in [0.15, 0.2) is 0 Å². The molecule has 2 rings (SSSR count). The zero-order valence-electron chi connectivity index (χ0n) is 11.0. The van der Waals surface area contributed by atoms with Crippen molar-refractivity contribution in [2.45, 2.75) is 12.5 Å². The van der Waals surface area contributed by atoms with E-state index in [4.69, 9.17) is 16.3 Å². The van der Waals surface area contributed by atoms with Crippen LogP contribution in [-0.4, -0.2) is 19.7 Å². The van der Waals surface area contributed by atoms with E-state index in [1.165, 1.54) is 5.56 Å². The van der Waals surface area contributed by atoms with Gasteiger partial charge in [-0.3, -0.25) is 0 Å². The van der Waals surface area contributed by atoms with Crippen LogP contribution in [0.1, 0.15) is 5.56 Å². The summed E-state index contributed by atoms with van der Waals surface area (Å²) in [6.45, 7) is 0.632. The van der Waals surface area contributed by atoms with Gasteiger partial charge in [0.05, 0.1) is 0 Å². The van der Waals surface area contributed by atoms with Crippen molar-refractivity contribution in [3.63, 3.8) is 0 Å². The fourth-order valence-corrected chi connectivity index (χ4v) is 2.00. The number of benzene rings is 2. The summed E-state index contributed by atoms with van der Waals surface area (Å²) in [4.78, 5) is 0. The summed E-state index contributed by atoms with van der Waals surface area (Å²) in [5.41, 5.74) is 1.31. The zero-order valence-corrected chi connectivity index (χ0v) is 11.7. The van der Waals surface area contributed by atoms with Crippen LogP contribution in [0, 0.1) is 0 Å². The summed E-state index contributed by atoms with van der Waals surface area (Å²) in [5, 5.41) is 4.00. The van der Waals surface area contributed by atoms with Crippen LogP contribution >= 0.6 is 11.6 Å². The second-order valence-corrected chi connectivity index (χ2v) is 4.88. The summed E-state index contributed by atoms with van der Waals surface area (Å²) in [6.07, 6.45) is 0.949. The van der Waals surface area contributed by atoms with Crippen molar-refractivity contribution in [3.8, 4) is 5.75 Å². The van der Waals surface area contributed by atoms with Gasteiger partial charge in [0.1, 0.15) is 12.4 Å². The molecular formula is C16H18ClNO. The lowest BCUT2D eigenvalue weighted by molar-refractivity contribution is 0.270. The number of nitrogens with one attached hydrogen (secondary N) is 1. The molecule has 2 aromatic rings. The van der Waals surface area contributed by atoms with Crippen molar-refractivity contribution < 1.29 is 4.74 Å². The molecule has 0 fully saturated rings. The highest BCUT2D eigenvalue weighted by atomic mass is 35.5. The SMILES string of the molecule is CNC(COc1ccc(Cl)cc1)Cc1ccccc1. The van der Waals surface area contributed by atoms with Crippen molar-refractivity contribution in [2.75, 3.05) is 13.7 Å². The fraction of sp³-hybridized carbons (Fsp3) is 0.250. The maximum Gasteiger partial charge on any atom is 0.119 e. The highest BCUT2D eigenvalue weighted by Gasteiger charge is 2.08. The third-order valence-corrected chi connectivity index (χ3v) is 3.25. The number of halogens is 1. The summed E-state index contributed by atoms with van der Waals surface area (Å²) < 4.78 is 5.77. The lowest BCUT2D eigenvalue weighted by Crippen LogP contribution is -2.33. The summed E-state index contributed by atoms with van der Waals surface area (Å²) in [5.74, 6) is 0.845. The molecule has 0 radical (unpaired) electrons. The van der Waals surface area contributed by atoms with Crippen LogP contribution in [0.2, 0.25) is 5.02 Å². The second kappa shape index (κ2) is 7.17. The summed E-state index contributed by atoms with van der Waals surface area (Å²) >= 11 is 5.84. The third-order valence-electron chi connectivity index (χ3n) is 3.00. The Labute approximate surface area is 119 Å². The number of likely N-dealkylation sites (N-methyl/N-ethyl adjacent to an activating group) is 1. The minimum absolute atomic E-state index is 0.290. The molecule has 0 aliphatic rings. The van der Waals surface area contributed by atoms with Gasteiger partial charge in [-0.05, 0) is 43.3 Å². The molecule has 0 amide bonds. The monoisotopic (exact) mass is 275 g/mol. The lowest BCUT2D eigenvalue weighted by Gasteiger charge is -2.17. The van der Waals surface area contributed by atoms with E-state index in [1.54, 1.807) is 0 Å². The van der Waals surface area contributed by atoms with Crippen LogP contribution in [0.3, 0.4) is 0 Å². The Bertz CT molecular complexity index is 484. The van der Waals surface area contributed by atoms with Crippen LogP contribution < -0.4 is 10.1 Å². The summed E-state index contributed by atoms with van der Waals surface area (Å²) in [7, 11) is 1.96. The van der Waals surface area contributed by atoms with Crippen LogP contribution in [0.5, 0.6) is 5.75 Å². The molecule has 0 saturated carbocycles.